The van der Waals surface area contributed by atoms with Crippen LogP contribution in [-0.2, 0) is 11.2 Å². The molecule has 8 nitrogen and oxygen atoms in total. The number of rotatable bonds is 4. The summed E-state index contributed by atoms with van der Waals surface area (Å²) in [5.74, 6) is -0.385. The lowest BCUT2D eigenvalue weighted by Gasteiger charge is -2.21. The molecule has 2 atom stereocenters. The highest BCUT2D eigenvalue weighted by Gasteiger charge is 2.32. The van der Waals surface area contributed by atoms with Crippen molar-refractivity contribution in [3.63, 3.8) is 0 Å². The van der Waals surface area contributed by atoms with Gasteiger partial charge in [-0.05, 0) is 18.6 Å². The molecule has 0 bridgehead atoms. The van der Waals surface area contributed by atoms with Gasteiger partial charge >= 0.3 is 0 Å². The smallest absolute Gasteiger partial charge is 0.231 e. The molecule has 0 saturated carbocycles. The Hall–Kier alpha value is -2.83. The van der Waals surface area contributed by atoms with Crippen LogP contribution in [-0.4, -0.2) is 46.2 Å². The first-order valence-corrected chi connectivity index (χ1v) is 9.60. The van der Waals surface area contributed by atoms with Crippen molar-refractivity contribution in [2.24, 2.45) is 5.92 Å². The maximum Gasteiger partial charge on any atom is 0.231 e. The van der Waals surface area contributed by atoms with Crippen molar-refractivity contribution >= 4 is 28.2 Å². The molecule has 0 aromatic carbocycles. The summed E-state index contributed by atoms with van der Waals surface area (Å²) in [6, 6.07) is 3.01. The zero-order valence-corrected chi connectivity index (χ0v) is 15.3. The van der Waals surface area contributed by atoms with Crippen LogP contribution in [0.25, 0.3) is 0 Å². The average Bonchev–Trinajstić information content (AvgIpc) is 3.34. The Balaban J connectivity index is 1.50. The molecule has 1 saturated heterocycles. The number of likely N-dealkylation sites (tertiary alicyclic amines) is 1. The maximum absolute atomic E-state index is 12.8. The Bertz CT molecular complexity index is 906. The molecule has 0 spiro atoms. The molecule has 1 fully saturated rings. The van der Waals surface area contributed by atoms with Crippen LogP contribution in [0, 0.1) is 17.4 Å². The number of nitrogens with zero attached hydrogens (tertiary/aromatic N) is 4. The highest BCUT2D eigenvalue weighted by atomic mass is 32.1. The lowest BCUT2D eigenvalue weighted by Crippen LogP contribution is -2.34. The molecule has 2 aromatic rings. The van der Waals surface area contributed by atoms with E-state index in [2.05, 4.69) is 26.8 Å². The summed E-state index contributed by atoms with van der Waals surface area (Å²) in [6.07, 6.45) is 6.64. The number of amides is 1. The van der Waals surface area contributed by atoms with Crippen LogP contribution < -0.4 is 10.6 Å². The van der Waals surface area contributed by atoms with Gasteiger partial charge in [0.15, 0.2) is 17.1 Å². The van der Waals surface area contributed by atoms with E-state index in [1.165, 1.54) is 11.3 Å². The normalized spacial score (nSPS) is 21.4. The molecule has 2 N–H and O–H groups in total. The van der Waals surface area contributed by atoms with Crippen LogP contribution in [0.15, 0.2) is 24.5 Å². The predicted molar refractivity (Wildman–Crippen MR) is 99.1 cm³/mol. The Kier molecular flexibility index (Phi) is 4.83. The van der Waals surface area contributed by atoms with Crippen LogP contribution >= 0.6 is 11.3 Å². The number of carbonyl (C=O) groups excluding carboxylic acids is 2. The zero-order valence-electron chi connectivity index (χ0n) is 14.5. The van der Waals surface area contributed by atoms with Gasteiger partial charge in [-0.2, -0.15) is 5.26 Å². The maximum atomic E-state index is 12.8. The number of hydrogen-bond acceptors (Lipinski definition) is 8. The minimum Gasteiger partial charge on any atom is -0.310 e. The highest BCUT2D eigenvalue weighted by molar-refractivity contribution is 7.16. The van der Waals surface area contributed by atoms with Gasteiger partial charge in [0, 0.05) is 44.0 Å². The van der Waals surface area contributed by atoms with Crippen LogP contribution in [0.3, 0.4) is 0 Å². The van der Waals surface area contributed by atoms with E-state index in [-0.39, 0.29) is 17.6 Å². The second kappa shape index (κ2) is 7.42. The molecule has 2 aliphatic heterocycles. The Morgan fingerprint density at radius 3 is 3.07 bits per heavy atom. The summed E-state index contributed by atoms with van der Waals surface area (Å²) >= 11 is 1.33. The second-order valence-corrected chi connectivity index (χ2v) is 7.62. The van der Waals surface area contributed by atoms with Gasteiger partial charge in [0.1, 0.15) is 6.04 Å². The van der Waals surface area contributed by atoms with E-state index in [0.717, 1.165) is 10.6 Å². The summed E-state index contributed by atoms with van der Waals surface area (Å²) in [7, 11) is 0. The van der Waals surface area contributed by atoms with Crippen molar-refractivity contribution in [2.75, 3.05) is 25.0 Å². The zero-order chi connectivity index (χ0) is 18.8. The third-order valence-electron chi connectivity index (χ3n) is 4.84. The Morgan fingerprint density at radius 2 is 2.33 bits per heavy atom. The van der Waals surface area contributed by atoms with Crippen LogP contribution in [0.4, 0.5) is 5.13 Å². The fourth-order valence-corrected chi connectivity index (χ4v) is 4.50. The van der Waals surface area contributed by atoms with Gasteiger partial charge in [0.2, 0.25) is 5.91 Å². The number of nitriles is 1. The van der Waals surface area contributed by atoms with Gasteiger partial charge < -0.3 is 15.5 Å². The van der Waals surface area contributed by atoms with E-state index < -0.39 is 6.04 Å². The van der Waals surface area contributed by atoms with E-state index in [4.69, 9.17) is 5.26 Å². The number of carbonyl (C=O) groups is 2. The molecule has 1 unspecified atom stereocenters. The number of aromatic nitrogens is 2. The first kappa shape index (κ1) is 17.6. The summed E-state index contributed by atoms with van der Waals surface area (Å²) in [5, 5.41) is 15.6. The largest absolute Gasteiger partial charge is 0.310 e. The third-order valence-corrected chi connectivity index (χ3v) is 5.92. The highest BCUT2D eigenvalue weighted by Crippen LogP contribution is 2.34. The fraction of sp³-hybridized carbons (Fsp3) is 0.389. The molecular weight excluding hydrogens is 364 g/mol. The van der Waals surface area contributed by atoms with Crippen molar-refractivity contribution in [2.45, 2.75) is 18.9 Å². The van der Waals surface area contributed by atoms with Gasteiger partial charge in [-0.25, -0.2) is 4.98 Å². The average molecular weight is 382 g/mol. The Labute approximate surface area is 160 Å². The summed E-state index contributed by atoms with van der Waals surface area (Å²) in [4.78, 5) is 36.3. The van der Waals surface area contributed by atoms with Crippen LogP contribution in [0.1, 0.15) is 33.4 Å². The van der Waals surface area contributed by atoms with Crippen molar-refractivity contribution in [3.8, 4) is 6.19 Å². The number of ketones is 1. The lowest BCUT2D eigenvalue weighted by atomic mass is 10.00. The second-order valence-electron chi connectivity index (χ2n) is 6.59. The van der Waals surface area contributed by atoms with E-state index in [1.54, 1.807) is 29.4 Å². The SMILES string of the molecule is N#CN1CC[C@H](C(=O)Nc2nc3c(s2)C(C(=O)c2cccnc2)NCC3)C1. The number of Topliss-reactive ketones (excluding diaryl/α,β-unsaturated/α-hetero) is 1. The van der Waals surface area contributed by atoms with Gasteiger partial charge in [-0.3, -0.25) is 14.6 Å². The molecule has 2 aliphatic rings. The van der Waals surface area contributed by atoms with Crippen LogP contribution in [0.2, 0.25) is 0 Å². The van der Waals surface area contributed by atoms with Gasteiger partial charge in [0.05, 0.1) is 16.5 Å². The summed E-state index contributed by atoms with van der Waals surface area (Å²) in [6.45, 7) is 1.70. The topological polar surface area (TPSA) is 111 Å². The molecule has 4 rings (SSSR count). The number of pyridine rings is 1. The molecule has 0 aliphatic carbocycles. The van der Waals surface area contributed by atoms with Crippen LogP contribution in [0.5, 0.6) is 0 Å². The van der Waals surface area contributed by atoms with Gasteiger partial charge in [0.25, 0.3) is 0 Å². The van der Waals surface area contributed by atoms with Gasteiger partial charge in [-0.1, -0.05) is 11.3 Å². The van der Waals surface area contributed by atoms with E-state index in [1.807, 2.05) is 0 Å². The Morgan fingerprint density at radius 1 is 1.44 bits per heavy atom. The van der Waals surface area contributed by atoms with Crippen molar-refractivity contribution < 1.29 is 9.59 Å². The minimum absolute atomic E-state index is 0.0500. The molecule has 27 heavy (non-hydrogen) atoms. The third kappa shape index (κ3) is 3.54. The lowest BCUT2D eigenvalue weighted by molar-refractivity contribution is -0.119. The molecule has 2 aromatic heterocycles. The fourth-order valence-electron chi connectivity index (χ4n) is 3.41. The number of hydrogen-bond donors (Lipinski definition) is 2. The monoisotopic (exact) mass is 382 g/mol. The van der Waals surface area contributed by atoms with E-state index in [0.29, 0.717) is 43.2 Å². The number of anilines is 1. The molecule has 4 heterocycles. The number of fused-ring (bicyclic) bond motifs is 1. The minimum atomic E-state index is -0.471. The molecule has 0 radical (unpaired) electrons. The molecule has 9 heteroatoms. The van der Waals surface area contributed by atoms with Gasteiger partial charge in [-0.15, -0.1) is 0 Å². The van der Waals surface area contributed by atoms with E-state index in [9.17, 15) is 9.59 Å². The van der Waals surface area contributed by atoms with E-state index >= 15 is 0 Å². The quantitative estimate of drug-likeness (QED) is 0.606. The first-order chi connectivity index (χ1) is 13.2. The molecule has 1 amide bonds. The standard InChI is InChI=1S/C18H18N6O2S/c19-10-24-7-4-12(9-24)17(26)23-18-22-13-3-6-21-14(16(13)27-18)15(25)11-2-1-5-20-8-11/h1-2,5,8,12,14,21H,3-4,6-7,9H2,(H,22,23,26)/t12-,14?/m0/s1. The van der Waals surface area contributed by atoms with Crippen molar-refractivity contribution in [3.05, 3.63) is 40.7 Å². The molecular formula is C18H18N6O2S. The summed E-state index contributed by atoms with van der Waals surface area (Å²) < 4.78 is 0. The van der Waals surface area contributed by atoms with Crippen molar-refractivity contribution in [1.82, 2.24) is 20.2 Å². The first-order valence-electron chi connectivity index (χ1n) is 8.78. The number of nitrogens with one attached hydrogen (secondary N) is 2. The number of thiazole rings is 1. The predicted octanol–water partition coefficient (Wildman–Crippen LogP) is 1.35. The molecule has 138 valence electrons. The summed E-state index contributed by atoms with van der Waals surface area (Å²) in [5.41, 5.74) is 1.39. The van der Waals surface area contributed by atoms with Crippen molar-refractivity contribution in [1.29, 1.82) is 5.26 Å².